The van der Waals surface area contributed by atoms with Gasteiger partial charge in [-0.2, -0.15) is 0 Å². The van der Waals surface area contributed by atoms with Gasteiger partial charge in [0.2, 0.25) is 0 Å². The Morgan fingerprint density at radius 3 is 2.60 bits per heavy atom. The third-order valence-electron chi connectivity index (χ3n) is 1.86. The average molecular weight is 316 g/mol. The van der Waals surface area contributed by atoms with Crippen LogP contribution in [0.1, 0.15) is 5.56 Å². The second kappa shape index (κ2) is 5.32. The van der Waals surface area contributed by atoms with Gasteiger partial charge in [0.25, 0.3) is 0 Å². The van der Waals surface area contributed by atoms with Crippen LogP contribution in [-0.4, -0.2) is 3.69 Å². The first-order valence-corrected chi connectivity index (χ1v) is 6.88. The predicted molar refractivity (Wildman–Crippen MR) is 68.6 cm³/mol. The van der Waals surface area contributed by atoms with Crippen LogP contribution in [0.5, 0.6) is 0 Å². The second-order valence-electron chi connectivity index (χ2n) is 3.01. The Balaban J connectivity index is 1.93. The third kappa shape index (κ3) is 3.35. The summed E-state index contributed by atoms with van der Waals surface area (Å²) in [5.74, 6) is -0.144. The van der Waals surface area contributed by atoms with Crippen molar-refractivity contribution in [1.82, 2.24) is 0 Å². The summed E-state index contributed by atoms with van der Waals surface area (Å²) in [6, 6.07) is 9.97. The average Bonchev–Trinajstić information content (AvgIpc) is 2.30. The van der Waals surface area contributed by atoms with Crippen LogP contribution in [-0.2, 0) is 11.3 Å². The highest BCUT2D eigenvalue weighted by Crippen LogP contribution is 2.17. The topological polar surface area (TPSA) is 9.23 Å². The Morgan fingerprint density at radius 1 is 1.13 bits per heavy atom. The fourth-order valence-electron chi connectivity index (χ4n) is 1.13. The van der Waals surface area contributed by atoms with E-state index >= 15 is 0 Å². The summed E-state index contributed by atoms with van der Waals surface area (Å²) in [6.07, 6.45) is 3.18. The Kier molecular flexibility index (Phi) is 3.80. The highest BCUT2D eigenvalue weighted by Gasteiger charge is 2.00. The van der Waals surface area contributed by atoms with Gasteiger partial charge in [-0.1, -0.05) is 51.1 Å². The van der Waals surface area contributed by atoms with Gasteiger partial charge in [-0.15, -0.1) is 0 Å². The molecule has 0 unspecified atom stereocenters. The van der Waals surface area contributed by atoms with Crippen LogP contribution in [0.15, 0.2) is 52.4 Å². The molecule has 0 saturated heterocycles. The molecular formula is C12H10FIO. The van der Waals surface area contributed by atoms with Crippen molar-refractivity contribution in [1.29, 1.82) is 0 Å². The molecule has 0 amide bonds. The van der Waals surface area contributed by atoms with Crippen LogP contribution >= 0.6 is 20.7 Å². The molecule has 0 fully saturated rings. The molecule has 3 heteroatoms. The monoisotopic (exact) mass is 316 g/mol. The fraction of sp³-hybridized carbons (Fsp3) is 0.0833. The van der Waals surface area contributed by atoms with Crippen molar-refractivity contribution >= 4 is 24.4 Å². The molecule has 0 N–H and O–H groups in total. The van der Waals surface area contributed by atoms with E-state index in [1.165, 1.54) is 6.08 Å². The van der Waals surface area contributed by atoms with E-state index < -0.39 is 20.7 Å². The minimum Gasteiger partial charge on any atom is -0.335 e. The van der Waals surface area contributed by atoms with Crippen molar-refractivity contribution in [2.75, 3.05) is 0 Å². The second-order valence-corrected chi connectivity index (χ2v) is 5.32. The van der Waals surface area contributed by atoms with Gasteiger partial charge >= 0.3 is 0 Å². The maximum absolute atomic E-state index is 12.7. The molecule has 1 aliphatic rings. The highest BCUT2D eigenvalue weighted by molar-refractivity contribution is 14.2. The zero-order valence-corrected chi connectivity index (χ0v) is 10.1. The number of hydrogen-bond acceptors (Lipinski definition) is 1. The lowest BCUT2D eigenvalue weighted by atomic mass is 10.2. The van der Waals surface area contributed by atoms with E-state index in [9.17, 15) is 4.39 Å². The van der Waals surface area contributed by atoms with Crippen molar-refractivity contribution in [3.63, 3.8) is 0 Å². The lowest BCUT2D eigenvalue weighted by Crippen LogP contribution is -1.99. The van der Waals surface area contributed by atoms with E-state index in [-0.39, 0.29) is 5.83 Å². The van der Waals surface area contributed by atoms with Gasteiger partial charge in [0, 0.05) is 4.08 Å². The van der Waals surface area contributed by atoms with E-state index in [1.54, 1.807) is 10.2 Å². The summed E-state index contributed by atoms with van der Waals surface area (Å²) in [5, 5.41) is 0. The van der Waals surface area contributed by atoms with Gasteiger partial charge in [-0.3, -0.25) is 0 Å². The quantitative estimate of drug-likeness (QED) is 0.773. The van der Waals surface area contributed by atoms with Gasteiger partial charge in [-0.25, -0.2) is 4.39 Å². The van der Waals surface area contributed by atoms with Crippen LogP contribution in [0.3, 0.4) is 0 Å². The van der Waals surface area contributed by atoms with Gasteiger partial charge in [0.05, 0.1) is 6.61 Å². The minimum atomic E-state index is -0.419. The number of halogens is 2. The number of allylic oxidation sites excluding steroid dienone is 2. The summed E-state index contributed by atoms with van der Waals surface area (Å²) in [5.41, 5.74) is 1.14. The van der Waals surface area contributed by atoms with Crippen LogP contribution in [0, 0.1) is 0 Å². The third-order valence-corrected chi connectivity index (χ3v) is 4.05. The maximum Gasteiger partial charge on any atom is 0.129 e. The van der Waals surface area contributed by atoms with Crippen LogP contribution in [0.25, 0.3) is 0 Å². The largest absolute Gasteiger partial charge is 0.335 e. The molecule has 0 radical (unpaired) electrons. The summed E-state index contributed by atoms with van der Waals surface area (Å²) in [4.78, 5) is 0. The zero-order chi connectivity index (χ0) is 10.5. The molecule has 0 aromatic heterocycles. The molecule has 1 nitrogen and oxygen atoms in total. The number of benzene rings is 1. The first-order valence-electron chi connectivity index (χ1n) is 4.55. The van der Waals surface area contributed by atoms with Crippen LogP contribution in [0.4, 0.5) is 4.39 Å². The first-order chi connectivity index (χ1) is 7.34. The van der Waals surface area contributed by atoms with E-state index in [1.807, 2.05) is 30.3 Å². The molecule has 1 aromatic rings. The normalized spacial score (nSPS) is 15.3. The lowest BCUT2D eigenvalue weighted by Gasteiger charge is -2.05. The van der Waals surface area contributed by atoms with Crippen LogP contribution in [0.2, 0.25) is 0 Å². The zero-order valence-electron chi connectivity index (χ0n) is 7.99. The van der Waals surface area contributed by atoms with Gasteiger partial charge in [0.1, 0.15) is 9.52 Å². The van der Waals surface area contributed by atoms with Crippen molar-refractivity contribution in [2.45, 2.75) is 6.61 Å². The van der Waals surface area contributed by atoms with Crippen LogP contribution < -0.4 is 0 Å². The minimum absolute atomic E-state index is 0.144. The molecule has 0 atom stereocenters. The first kappa shape index (κ1) is 10.7. The maximum atomic E-state index is 12.7. The van der Waals surface area contributed by atoms with E-state index in [0.717, 1.165) is 9.26 Å². The van der Waals surface area contributed by atoms with Crippen molar-refractivity contribution in [3.8, 4) is 0 Å². The molecule has 2 rings (SSSR count). The Morgan fingerprint density at radius 2 is 1.93 bits per heavy atom. The SMILES string of the molecule is FC1=CI=C(OCc2ccccc2)C=C1. The Bertz CT molecular complexity index is 421. The molecule has 78 valence electrons. The molecule has 15 heavy (non-hydrogen) atoms. The number of hydrogen-bond donors (Lipinski definition) is 0. The van der Waals surface area contributed by atoms with E-state index in [0.29, 0.717) is 6.61 Å². The fourth-order valence-corrected chi connectivity index (χ4v) is 2.66. The lowest BCUT2D eigenvalue weighted by molar-refractivity contribution is 0.304. The number of ether oxygens (including phenoxy) is 1. The van der Waals surface area contributed by atoms with Gasteiger partial charge in [0.15, 0.2) is 0 Å². The smallest absolute Gasteiger partial charge is 0.129 e. The van der Waals surface area contributed by atoms with Crippen molar-refractivity contribution < 1.29 is 9.13 Å². The Hall–Kier alpha value is -0.810. The summed E-state index contributed by atoms with van der Waals surface area (Å²) >= 11 is -0.419. The molecule has 0 bridgehead atoms. The van der Waals surface area contributed by atoms with E-state index in [4.69, 9.17) is 4.74 Å². The number of rotatable bonds is 3. The molecule has 1 aliphatic heterocycles. The molecule has 1 heterocycles. The summed E-state index contributed by atoms with van der Waals surface area (Å²) in [7, 11) is 0. The molecule has 0 spiro atoms. The van der Waals surface area contributed by atoms with Gasteiger partial charge in [-0.05, 0) is 17.7 Å². The highest BCUT2D eigenvalue weighted by atomic mass is 127. The Labute approximate surface area is 98.0 Å². The van der Waals surface area contributed by atoms with E-state index in [2.05, 4.69) is 0 Å². The molecule has 1 aromatic carbocycles. The molecule has 0 aliphatic carbocycles. The standard InChI is InChI=1S/C12H10FIO/c13-11-6-7-12(14-8-11)15-9-10-4-2-1-3-5-10/h1-8H,9H2. The predicted octanol–water partition coefficient (Wildman–Crippen LogP) is 3.68. The summed E-state index contributed by atoms with van der Waals surface area (Å²) in [6.45, 7) is 0.565. The summed E-state index contributed by atoms with van der Waals surface area (Å²) < 4.78 is 20.8. The van der Waals surface area contributed by atoms with Gasteiger partial charge < -0.3 is 4.74 Å². The molecule has 0 saturated carbocycles. The molecular weight excluding hydrogens is 306 g/mol. The van der Waals surface area contributed by atoms with Crippen molar-refractivity contribution in [3.05, 3.63) is 58.0 Å². The van der Waals surface area contributed by atoms with Crippen molar-refractivity contribution in [2.24, 2.45) is 0 Å².